The van der Waals surface area contributed by atoms with Gasteiger partial charge in [-0.1, -0.05) is 77.5 Å². The molecule has 1 aromatic heterocycles. The summed E-state index contributed by atoms with van der Waals surface area (Å²) in [7, 11) is 0. The Labute approximate surface area is 190 Å². The number of carbonyl (C=O) groups is 1. The minimum absolute atomic E-state index is 0.182. The molecule has 0 radical (unpaired) electrons. The number of carbonyl (C=O) groups excluding carboxylic acids is 1. The molecule has 4 rings (SSSR count). The monoisotopic (exact) mass is 448 g/mol. The Morgan fingerprint density at radius 2 is 1.84 bits per heavy atom. The first-order valence-electron chi connectivity index (χ1n) is 9.79. The van der Waals surface area contributed by atoms with Crippen LogP contribution in [-0.4, -0.2) is 27.4 Å². The molecule has 1 N–H and O–H groups in total. The van der Waals surface area contributed by atoms with Crippen LogP contribution in [0.2, 0.25) is 5.02 Å². The molecule has 0 bridgehead atoms. The smallest absolute Gasteiger partial charge is 0.250 e. The van der Waals surface area contributed by atoms with Crippen LogP contribution in [0.1, 0.15) is 16.7 Å². The predicted octanol–water partition coefficient (Wildman–Crippen LogP) is 5.29. The summed E-state index contributed by atoms with van der Waals surface area (Å²) in [6, 6.07) is 23.6. The summed E-state index contributed by atoms with van der Waals surface area (Å²) in [6.45, 7) is 2.67. The number of nitrogens with one attached hydrogen (secondary N) is 1. The lowest BCUT2D eigenvalue weighted by Crippen LogP contribution is -2.20. The van der Waals surface area contributed by atoms with E-state index in [1.807, 2.05) is 79.7 Å². The minimum Gasteiger partial charge on any atom is -0.314 e. The number of imidazole rings is 1. The highest BCUT2D eigenvalue weighted by Gasteiger charge is 2.13. The highest BCUT2D eigenvalue weighted by Crippen LogP contribution is 2.25. The fourth-order valence-electron chi connectivity index (χ4n) is 3.08. The van der Waals surface area contributed by atoms with E-state index in [0.29, 0.717) is 11.6 Å². The third kappa shape index (κ3) is 5.54. The Bertz CT molecular complexity index is 1220. The first kappa shape index (κ1) is 21.2. The molecule has 7 heteroatoms. The van der Waals surface area contributed by atoms with Gasteiger partial charge >= 0.3 is 0 Å². The molecule has 31 heavy (non-hydrogen) atoms. The van der Waals surface area contributed by atoms with Gasteiger partial charge in [0, 0.05) is 5.02 Å². The van der Waals surface area contributed by atoms with Crippen molar-refractivity contribution in [2.45, 2.75) is 18.6 Å². The van der Waals surface area contributed by atoms with E-state index in [0.717, 1.165) is 27.3 Å². The molecule has 1 heterocycles. The Hall–Kier alpha value is -3.09. The number of benzene rings is 3. The van der Waals surface area contributed by atoms with E-state index >= 15 is 0 Å². The van der Waals surface area contributed by atoms with Crippen LogP contribution < -0.4 is 5.43 Å². The number of hydrazone groups is 1. The zero-order valence-electron chi connectivity index (χ0n) is 17.0. The molecule has 0 unspecified atom stereocenters. The van der Waals surface area contributed by atoms with Crippen molar-refractivity contribution in [3.63, 3.8) is 0 Å². The predicted molar refractivity (Wildman–Crippen MR) is 128 cm³/mol. The maximum absolute atomic E-state index is 12.3. The second-order valence-corrected chi connectivity index (χ2v) is 8.47. The van der Waals surface area contributed by atoms with Gasteiger partial charge in [-0.15, -0.1) is 0 Å². The second kappa shape index (κ2) is 9.81. The molecule has 0 atom stereocenters. The van der Waals surface area contributed by atoms with E-state index in [1.54, 1.807) is 6.21 Å². The quantitative estimate of drug-likeness (QED) is 0.237. The van der Waals surface area contributed by atoms with Crippen LogP contribution in [0.3, 0.4) is 0 Å². The summed E-state index contributed by atoms with van der Waals surface area (Å²) in [4.78, 5) is 17.0. The minimum atomic E-state index is -0.182. The summed E-state index contributed by atoms with van der Waals surface area (Å²) in [5, 5.41) is 5.54. The highest BCUT2D eigenvalue weighted by atomic mass is 35.5. The van der Waals surface area contributed by atoms with Gasteiger partial charge in [0.05, 0.1) is 29.5 Å². The Morgan fingerprint density at radius 3 is 2.61 bits per heavy atom. The van der Waals surface area contributed by atoms with E-state index in [-0.39, 0.29) is 11.7 Å². The van der Waals surface area contributed by atoms with Gasteiger partial charge in [0.2, 0.25) is 0 Å². The Kier molecular flexibility index (Phi) is 6.70. The highest BCUT2D eigenvalue weighted by molar-refractivity contribution is 7.99. The number of hydrogen-bond acceptors (Lipinski definition) is 4. The standard InChI is InChI=1S/C24H21ClN4OS/c1-17-6-8-18(9-7-17)14-26-28-23(30)16-31-24-27-21-4-2-3-5-22(21)29(24)15-19-10-12-20(25)13-11-19/h2-14H,15-16H2,1H3,(H,28,30)/b26-14+. The third-order valence-electron chi connectivity index (χ3n) is 4.69. The van der Waals surface area contributed by atoms with Gasteiger partial charge in [-0.2, -0.15) is 5.10 Å². The number of rotatable bonds is 7. The number of nitrogens with zero attached hydrogens (tertiary/aromatic N) is 3. The molecule has 3 aromatic carbocycles. The molecule has 5 nitrogen and oxygen atoms in total. The Balaban J connectivity index is 1.44. The molecular formula is C24H21ClN4OS. The topological polar surface area (TPSA) is 59.3 Å². The molecule has 0 aliphatic rings. The summed E-state index contributed by atoms with van der Waals surface area (Å²) in [6.07, 6.45) is 1.64. The zero-order valence-corrected chi connectivity index (χ0v) is 18.5. The number of amides is 1. The number of para-hydroxylation sites is 2. The van der Waals surface area contributed by atoms with Crippen molar-refractivity contribution < 1.29 is 4.79 Å². The summed E-state index contributed by atoms with van der Waals surface area (Å²) in [5.74, 6) is 0.0355. The molecule has 156 valence electrons. The van der Waals surface area contributed by atoms with Crippen molar-refractivity contribution >= 4 is 46.5 Å². The Morgan fingerprint density at radius 1 is 1.10 bits per heavy atom. The average Bonchev–Trinajstić information content (AvgIpc) is 3.12. The van der Waals surface area contributed by atoms with E-state index in [2.05, 4.69) is 15.1 Å². The average molecular weight is 449 g/mol. The van der Waals surface area contributed by atoms with E-state index in [9.17, 15) is 4.79 Å². The van der Waals surface area contributed by atoms with Crippen LogP contribution in [-0.2, 0) is 11.3 Å². The number of thioether (sulfide) groups is 1. The van der Waals surface area contributed by atoms with Gasteiger partial charge in [0.1, 0.15) is 0 Å². The van der Waals surface area contributed by atoms with Gasteiger partial charge in [0.25, 0.3) is 5.91 Å². The number of aromatic nitrogens is 2. The lowest BCUT2D eigenvalue weighted by Gasteiger charge is -2.09. The van der Waals surface area contributed by atoms with Gasteiger partial charge in [-0.3, -0.25) is 4.79 Å². The molecule has 0 fully saturated rings. The van der Waals surface area contributed by atoms with E-state index in [1.165, 1.54) is 17.3 Å². The van der Waals surface area contributed by atoms with Gasteiger partial charge in [0.15, 0.2) is 5.16 Å². The SMILES string of the molecule is Cc1ccc(/C=N/NC(=O)CSc2nc3ccccc3n2Cc2ccc(Cl)cc2)cc1. The molecule has 1 amide bonds. The molecular weight excluding hydrogens is 428 g/mol. The van der Waals surface area contributed by atoms with Crippen molar-refractivity contribution in [3.8, 4) is 0 Å². The van der Waals surface area contributed by atoms with Crippen LogP contribution in [0.25, 0.3) is 11.0 Å². The normalized spacial score (nSPS) is 11.3. The third-order valence-corrected chi connectivity index (χ3v) is 5.91. The summed E-state index contributed by atoms with van der Waals surface area (Å²) in [5.41, 5.74) is 7.73. The first-order valence-corrected chi connectivity index (χ1v) is 11.2. The lowest BCUT2D eigenvalue weighted by atomic mass is 10.2. The van der Waals surface area contributed by atoms with Gasteiger partial charge in [-0.25, -0.2) is 10.4 Å². The largest absolute Gasteiger partial charge is 0.314 e. The van der Waals surface area contributed by atoms with Gasteiger partial charge < -0.3 is 4.57 Å². The molecule has 0 aliphatic heterocycles. The number of halogens is 1. The van der Waals surface area contributed by atoms with Crippen molar-refractivity contribution in [1.82, 2.24) is 15.0 Å². The lowest BCUT2D eigenvalue weighted by molar-refractivity contribution is -0.118. The van der Waals surface area contributed by atoms with E-state index in [4.69, 9.17) is 16.6 Å². The van der Waals surface area contributed by atoms with Crippen LogP contribution in [0, 0.1) is 6.92 Å². The fraction of sp³-hybridized carbons (Fsp3) is 0.125. The summed E-state index contributed by atoms with van der Waals surface area (Å²) >= 11 is 7.40. The van der Waals surface area contributed by atoms with Crippen LogP contribution >= 0.6 is 23.4 Å². The maximum Gasteiger partial charge on any atom is 0.250 e. The van der Waals surface area contributed by atoms with Crippen molar-refractivity contribution in [2.75, 3.05) is 5.75 Å². The van der Waals surface area contributed by atoms with Crippen molar-refractivity contribution in [3.05, 3.63) is 94.5 Å². The molecule has 0 aliphatic carbocycles. The number of aryl methyl sites for hydroxylation is 1. The number of hydrogen-bond donors (Lipinski definition) is 1. The zero-order chi connectivity index (χ0) is 21.6. The molecule has 0 saturated carbocycles. The summed E-state index contributed by atoms with van der Waals surface area (Å²) < 4.78 is 2.12. The van der Waals surface area contributed by atoms with E-state index < -0.39 is 0 Å². The van der Waals surface area contributed by atoms with Crippen LogP contribution in [0.5, 0.6) is 0 Å². The fourth-order valence-corrected chi connectivity index (χ4v) is 4.01. The van der Waals surface area contributed by atoms with Crippen molar-refractivity contribution in [1.29, 1.82) is 0 Å². The second-order valence-electron chi connectivity index (χ2n) is 7.09. The molecule has 0 saturated heterocycles. The molecule has 0 spiro atoms. The van der Waals surface area contributed by atoms with Crippen molar-refractivity contribution in [2.24, 2.45) is 5.10 Å². The van der Waals surface area contributed by atoms with Crippen LogP contribution in [0.4, 0.5) is 0 Å². The van der Waals surface area contributed by atoms with Gasteiger partial charge in [-0.05, 0) is 42.3 Å². The first-order chi connectivity index (χ1) is 15.1. The maximum atomic E-state index is 12.3. The number of fused-ring (bicyclic) bond motifs is 1. The van der Waals surface area contributed by atoms with Crippen LogP contribution in [0.15, 0.2) is 83.1 Å². The molecule has 4 aromatic rings.